The summed E-state index contributed by atoms with van der Waals surface area (Å²) in [5.74, 6) is -1.64. The molecule has 3 rings (SSSR count). The fraction of sp³-hybridized carbons (Fsp3) is 0.238. The molecule has 1 aromatic heterocycles. The molecule has 1 amide bonds. The molecule has 0 saturated carbocycles. The molecule has 140 valence electrons. The molecule has 0 aliphatic heterocycles. The number of fused-ring (bicyclic) bond motifs is 1. The molecule has 0 spiro atoms. The first-order chi connectivity index (χ1) is 13.0. The largest absolute Gasteiger partial charge is 0.339 e. The summed E-state index contributed by atoms with van der Waals surface area (Å²) in [5.41, 5.74) is 1.40. The number of rotatable bonds is 5. The first-order valence-electron chi connectivity index (χ1n) is 8.86. The van der Waals surface area contributed by atoms with Crippen LogP contribution in [0.5, 0.6) is 0 Å². The van der Waals surface area contributed by atoms with E-state index in [9.17, 15) is 13.6 Å². The summed E-state index contributed by atoms with van der Waals surface area (Å²) in [5, 5.41) is 4.29. The predicted molar refractivity (Wildman–Crippen MR) is 103 cm³/mol. The summed E-state index contributed by atoms with van der Waals surface area (Å²) < 4.78 is 27.6. The highest BCUT2D eigenvalue weighted by Gasteiger charge is 2.19. The van der Waals surface area contributed by atoms with Gasteiger partial charge in [0.25, 0.3) is 5.91 Å². The van der Waals surface area contributed by atoms with Gasteiger partial charge in [-0.2, -0.15) is 0 Å². The number of nitrogens with zero attached hydrogens (tertiary/aromatic N) is 2. The number of benzene rings is 2. The minimum atomic E-state index is -0.969. The summed E-state index contributed by atoms with van der Waals surface area (Å²) in [6.07, 6.45) is 1.50. The number of aromatic nitrogens is 1. The van der Waals surface area contributed by atoms with Crippen molar-refractivity contribution in [2.45, 2.75) is 20.8 Å². The summed E-state index contributed by atoms with van der Waals surface area (Å²) >= 11 is 0. The normalized spacial score (nSPS) is 10.9. The second-order valence-electron chi connectivity index (χ2n) is 6.22. The summed E-state index contributed by atoms with van der Waals surface area (Å²) in [6, 6.07) is 9.49. The molecule has 0 unspecified atom stereocenters. The fourth-order valence-corrected chi connectivity index (χ4v) is 3.16. The zero-order chi connectivity index (χ0) is 19.6. The lowest BCUT2D eigenvalue weighted by atomic mass is 10.0. The molecule has 4 nitrogen and oxygen atoms in total. The molecular formula is C21H21F2N3O. The smallest absolute Gasteiger partial charge is 0.256 e. The molecule has 27 heavy (non-hydrogen) atoms. The van der Waals surface area contributed by atoms with Crippen molar-refractivity contribution in [3.8, 4) is 0 Å². The van der Waals surface area contributed by atoms with Crippen LogP contribution < -0.4 is 5.32 Å². The maximum atomic E-state index is 14.0. The second-order valence-corrected chi connectivity index (χ2v) is 6.22. The second kappa shape index (κ2) is 7.70. The van der Waals surface area contributed by atoms with E-state index in [-0.39, 0.29) is 11.6 Å². The molecule has 0 aliphatic rings. The Morgan fingerprint density at radius 1 is 1.11 bits per heavy atom. The van der Waals surface area contributed by atoms with Crippen molar-refractivity contribution in [2.75, 3.05) is 18.4 Å². The first kappa shape index (κ1) is 18.8. The van der Waals surface area contributed by atoms with E-state index in [1.807, 2.05) is 39.0 Å². The molecule has 0 aliphatic carbocycles. The molecule has 1 heterocycles. The Labute approximate surface area is 156 Å². The van der Waals surface area contributed by atoms with Gasteiger partial charge in [-0.1, -0.05) is 24.3 Å². The zero-order valence-corrected chi connectivity index (χ0v) is 15.5. The minimum absolute atomic E-state index is 0.00637. The van der Waals surface area contributed by atoms with Crippen molar-refractivity contribution in [3.63, 3.8) is 0 Å². The fourth-order valence-electron chi connectivity index (χ4n) is 3.16. The molecule has 0 bridgehead atoms. The Hall–Kier alpha value is -3.02. The van der Waals surface area contributed by atoms with Crippen molar-refractivity contribution in [2.24, 2.45) is 0 Å². The van der Waals surface area contributed by atoms with Crippen LogP contribution in [0.1, 0.15) is 29.8 Å². The van der Waals surface area contributed by atoms with Crippen LogP contribution in [0.3, 0.4) is 0 Å². The molecule has 1 N–H and O–H groups in total. The maximum absolute atomic E-state index is 14.0. The van der Waals surface area contributed by atoms with Gasteiger partial charge in [-0.25, -0.2) is 13.8 Å². The van der Waals surface area contributed by atoms with Gasteiger partial charge in [0.05, 0.1) is 11.3 Å². The number of carbonyl (C=O) groups is 1. The van der Waals surface area contributed by atoms with Crippen molar-refractivity contribution >= 4 is 28.2 Å². The number of pyridine rings is 1. The maximum Gasteiger partial charge on any atom is 0.256 e. The molecule has 2 aromatic carbocycles. The number of hydrogen-bond acceptors (Lipinski definition) is 3. The van der Waals surface area contributed by atoms with Gasteiger partial charge in [-0.15, -0.1) is 0 Å². The Balaban J connectivity index is 2.15. The van der Waals surface area contributed by atoms with E-state index in [4.69, 9.17) is 0 Å². The van der Waals surface area contributed by atoms with Crippen molar-refractivity contribution < 1.29 is 13.6 Å². The number of hydrogen-bond donors (Lipinski definition) is 1. The Morgan fingerprint density at radius 2 is 1.81 bits per heavy atom. The highest BCUT2D eigenvalue weighted by atomic mass is 19.2. The molecule has 6 heteroatoms. The number of amides is 1. The molecular weight excluding hydrogens is 348 g/mol. The van der Waals surface area contributed by atoms with Gasteiger partial charge in [0.1, 0.15) is 5.82 Å². The van der Waals surface area contributed by atoms with E-state index in [2.05, 4.69) is 10.3 Å². The van der Waals surface area contributed by atoms with Gasteiger partial charge in [-0.05, 0) is 38.5 Å². The SMILES string of the molecule is CCN(CC)C(=O)c1cnc(Nc2cccc(F)c2F)c2cccc(C)c12. The number of halogens is 2. The van der Waals surface area contributed by atoms with Crippen LogP contribution in [-0.2, 0) is 0 Å². The number of carbonyl (C=O) groups excluding carboxylic acids is 1. The van der Waals surface area contributed by atoms with E-state index < -0.39 is 11.6 Å². The molecule has 0 fully saturated rings. The summed E-state index contributed by atoms with van der Waals surface area (Å²) in [4.78, 5) is 19.0. The Kier molecular flexibility index (Phi) is 5.35. The van der Waals surface area contributed by atoms with E-state index >= 15 is 0 Å². The summed E-state index contributed by atoms with van der Waals surface area (Å²) in [7, 11) is 0. The van der Waals surface area contributed by atoms with Crippen LogP contribution in [0.2, 0.25) is 0 Å². The van der Waals surface area contributed by atoms with Crippen LogP contribution >= 0.6 is 0 Å². The van der Waals surface area contributed by atoms with Gasteiger partial charge in [-0.3, -0.25) is 4.79 Å². The quantitative estimate of drug-likeness (QED) is 0.685. The molecule has 0 saturated heterocycles. The number of anilines is 2. The third-order valence-corrected chi connectivity index (χ3v) is 4.61. The molecule has 3 aromatic rings. The van der Waals surface area contributed by atoms with Crippen LogP contribution in [0.15, 0.2) is 42.6 Å². The minimum Gasteiger partial charge on any atom is -0.339 e. The van der Waals surface area contributed by atoms with Gasteiger partial charge >= 0.3 is 0 Å². The average Bonchev–Trinajstić information content (AvgIpc) is 2.67. The lowest BCUT2D eigenvalue weighted by Gasteiger charge is -2.21. The third kappa shape index (κ3) is 3.47. The lowest BCUT2D eigenvalue weighted by molar-refractivity contribution is 0.0774. The predicted octanol–water partition coefficient (Wildman–Crippen LogP) is 5.05. The average molecular weight is 369 g/mol. The molecule has 0 radical (unpaired) electrons. The zero-order valence-electron chi connectivity index (χ0n) is 15.5. The first-order valence-corrected chi connectivity index (χ1v) is 8.86. The Morgan fingerprint density at radius 3 is 2.52 bits per heavy atom. The lowest BCUT2D eigenvalue weighted by Crippen LogP contribution is -2.30. The van der Waals surface area contributed by atoms with Crippen LogP contribution in [0.4, 0.5) is 20.3 Å². The van der Waals surface area contributed by atoms with Crippen molar-refractivity contribution in [1.29, 1.82) is 0 Å². The summed E-state index contributed by atoms with van der Waals surface area (Å²) in [6.45, 7) is 6.95. The monoisotopic (exact) mass is 369 g/mol. The van der Waals surface area contributed by atoms with E-state index in [0.29, 0.717) is 29.9 Å². The van der Waals surface area contributed by atoms with Gasteiger partial charge < -0.3 is 10.2 Å². The van der Waals surface area contributed by atoms with E-state index in [1.165, 1.54) is 18.3 Å². The molecule has 0 atom stereocenters. The number of nitrogens with one attached hydrogen (secondary N) is 1. The van der Waals surface area contributed by atoms with Gasteiger partial charge in [0.15, 0.2) is 11.6 Å². The standard InChI is InChI=1S/C21H21F2N3O/c1-4-26(5-2)21(27)15-12-24-20(14-9-6-8-13(3)18(14)15)25-17-11-7-10-16(22)19(17)23/h6-12H,4-5H2,1-3H3,(H,24,25). The van der Waals surface area contributed by atoms with Gasteiger partial charge in [0, 0.05) is 30.1 Å². The van der Waals surface area contributed by atoms with Crippen LogP contribution in [0.25, 0.3) is 10.8 Å². The topological polar surface area (TPSA) is 45.2 Å². The number of aryl methyl sites for hydroxylation is 1. The Bertz CT molecular complexity index is 1000. The third-order valence-electron chi connectivity index (χ3n) is 4.61. The van der Waals surface area contributed by atoms with E-state index in [1.54, 1.807) is 4.90 Å². The van der Waals surface area contributed by atoms with Crippen LogP contribution in [0, 0.1) is 18.6 Å². The van der Waals surface area contributed by atoms with Crippen LogP contribution in [-0.4, -0.2) is 28.9 Å². The highest BCUT2D eigenvalue weighted by Crippen LogP contribution is 2.31. The van der Waals surface area contributed by atoms with Gasteiger partial charge in [0.2, 0.25) is 0 Å². The highest BCUT2D eigenvalue weighted by molar-refractivity contribution is 6.10. The van der Waals surface area contributed by atoms with E-state index in [0.717, 1.165) is 17.0 Å². The van der Waals surface area contributed by atoms with Crippen molar-refractivity contribution in [1.82, 2.24) is 9.88 Å². The van der Waals surface area contributed by atoms with Crippen molar-refractivity contribution in [3.05, 3.63) is 65.4 Å².